The van der Waals surface area contributed by atoms with Gasteiger partial charge in [0.25, 0.3) is 0 Å². The molecule has 0 spiro atoms. The molecule has 13 heteroatoms. The molecule has 0 aliphatic carbocycles. The molecule has 0 radical (unpaired) electrons. The number of nitrogens with zero attached hydrogens (tertiary/aromatic N) is 3. The van der Waals surface area contributed by atoms with Gasteiger partial charge in [-0.25, -0.2) is 9.36 Å². The van der Waals surface area contributed by atoms with E-state index in [1.165, 1.54) is 12.3 Å². The Balaban J connectivity index is 1.43. The van der Waals surface area contributed by atoms with Gasteiger partial charge in [0.15, 0.2) is 6.23 Å². The van der Waals surface area contributed by atoms with Gasteiger partial charge >= 0.3 is 13.5 Å². The largest absolute Gasteiger partial charge is 0.475 e. The van der Waals surface area contributed by atoms with Crippen molar-refractivity contribution in [3.8, 4) is 0 Å². The van der Waals surface area contributed by atoms with Gasteiger partial charge in [0.05, 0.1) is 19.3 Å². The maximum absolute atomic E-state index is 13.0. The molecule has 1 unspecified atom stereocenters. The van der Waals surface area contributed by atoms with Crippen LogP contribution >= 0.6 is 7.82 Å². The Kier molecular flexibility index (Phi) is 6.22. The summed E-state index contributed by atoms with van der Waals surface area (Å²) in [6.07, 6.45) is -0.600. The molecule has 31 heavy (non-hydrogen) atoms. The van der Waals surface area contributed by atoms with Gasteiger partial charge in [-0.3, -0.25) is 23.1 Å². The Morgan fingerprint density at radius 1 is 1.35 bits per heavy atom. The third-order valence-electron chi connectivity index (χ3n) is 5.16. The Morgan fingerprint density at radius 2 is 2.16 bits per heavy atom. The summed E-state index contributed by atoms with van der Waals surface area (Å²) in [6, 6.07) is 3.13. The van der Waals surface area contributed by atoms with Gasteiger partial charge in [-0.05, 0) is 30.2 Å². The van der Waals surface area contributed by atoms with E-state index in [1.54, 1.807) is 18.5 Å². The highest BCUT2D eigenvalue weighted by Gasteiger charge is 2.46. The van der Waals surface area contributed by atoms with Crippen LogP contribution in [0.25, 0.3) is 0 Å². The van der Waals surface area contributed by atoms with E-state index in [-0.39, 0.29) is 12.4 Å². The summed E-state index contributed by atoms with van der Waals surface area (Å²) in [4.78, 5) is 19.6. The van der Waals surface area contributed by atoms with Crippen LogP contribution in [0.15, 0.2) is 35.5 Å². The van der Waals surface area contributed by atoms with E-state index in [9.17, 15) is 19.6 Å². The van der Waals surface area contributed by atoms with E-state index in [4.69, 9.17) is 24.0 Å². The molecule has 6 atom stereocenters. The van der Waals surface area contributed by atoms with E-state index in [2.05, 4.69) is 9.97 Å². The van der Waals surface area contributed by atoms with Crippen LogP contribution in [0.5, 0.6) is 0 Å². The summed E-state index contributed by atoms with van der Waals surface area (Å²) in [6.45, 7) is 1.62. The summed E-state index contributed by atoms with van der Waals surface area (Å²) in [5.41, 5.74) is 6.42. The second-order valence-electron chi connectivity index (χ2n) is 7.28. The van der Waals surface area contributed by atoms with Crippen molar-refractivity contribution in [1.29, 1.82) is 0 Å². The molecule has 12 nitrogen and oxygen atoms in total. The molecule has 4 N–H and O–H groups in total. The lowest BCUT2D eigenvalue weighted by Crippen LogP contribution is -2.36. The lowest BCUT2D eigenvalue weighted by molar-refractivity contribution is -0.0609. The predicted octanol–water partition coefficient (Wildman–Crippen LogP) is 0.451. The number of phosphoric ester groups is 1. The van der Waals surface area contributed by atoms with E-state index < -0.39 is 50.8 Å². The van der Waals surface area contributed by atoms with Crippen molar-refractivity contribution in [3.63, 3.8) is 0 Å². The molecule has 0 aromatic carbocycles. The molecule has 2 aliphatic rings. The zero-order valence-electron chi connectivity index (χ0n) is 16.6. The highest BCUT2D eigenvalue weighted by Crippen LogP contribution is 2.57. The van der Waals surface area contributed by atoms with Crippen LogP contribution in [0.1, 0.15) is 29.9 Å². The van der Waals surface area contributed by atoms with Gasteiger partial charge in [0.2, 0.25) is 0 Å². The number of pyridine rings is 1. The molecular formula is C18H23N4O8P. The molecule has 0 saturated carbocycles. The van der Waals surface area contributed by atoms with Crippen LogP contribution in [0.4, 0.5) is 5.82 Å². The Hall–Kier alpha value is -2.18. The quantitative estimate of drug-likeness (QED) is 0.536. The Morgan fingerprint density at radius 3 is 2.90 bits per heavy atom. The van der Waals surface area contributed by atoms with Gasteiger partial charge in [-0.1, -0.05) is 0 Å². The number of aliphatic hydroxyl groups excluding tert-OH is 2. The third-order valence-corrected chi connectivity index (χ3v) is 6.63. The molecule has 0 bridgehead atoms. The fraction of sp³-hybridized carbons (Fsp3) is 0.500. The second kappa shape index (κ2) is 8.75. The Bertz CT molecular complexity index is 1050. The van der Waals surface area contributed by atoms with Crippen LogP contribution in [-0.4, -0.2) is 56.3 Å². The normalized spacial score (nSPS) is 33.5. The van der Waals surface area contributed by atoms with E-state index in [0.717, 1.165) is 15.7 Å². The first kappa shape index (κ1) is 22.0. The van der Waals surface area contributed by atoms with Crippen LogP contribution in [0, 0.1) is 6.92 Å². The summed E-state index contributed by atoms with van der Waals surface area (Å²) >= 11 is 0. The fourth-order valence-electron chi connectivity index (χ4n) is 3.52. The molecule has 168 valence electrons. The maximum Gasteiger partial charge on any atom is 0.475 e. The molecule has 4 heterocycles. The molecule has 2 saturated heterocycles. The maximum atomic E-state index is 13.0. The zero-order chi connectivity index (χ0) is 22.2. The molecule has 2 fully saturated rings. The second-order valence-corrected chi connectivity index (χ2v) is 8.90. The van der Waals surface area contributed by atoms with E-state index in [0.29, 0.717) is 6.42 Å². The number of hydrogen-bond acceptors (Lipinski definition) is 11. The number of nitrogen functional groups attached to an aromatic ring is 1. The van der Waals surface area contributed by atoms with E-state index in [1.807, 2.05) is 6.92 Å². The van der Waals surface area contributed by atoms with Crippen LogP contribution in [0.2, 0.25) is 0 Å². The van der Waals surface area contributed by atoms with Gasteiger partial charge in [0.1, 0.15) is 24.1 Å². The predicted molar refractivity (Wildman–Crippen MR) is 106 cm³/mol. The monoisotopic (exact) mass is 454 g/mol. The van der Waals surface area contributed by atoms with Crippen LogP contribution in [-0.2, 0) is 22.9 Å². The smallest absolute Gasteiger partial charge is 0.387 e. The number of ether oxygens (including phenoxy) is 1. The molecule has 2 aromatic heterocycles. The average Bonchev–Trinajstić information content (AvgIpc) is 3.01. The first-order chi connectivity index (χ1) is 14.8. The highest BCUT2D eigenvalue weighted by molar-refractivity contribution is 7.48. The topological polar surface area (TPSA) is 168 Å². The lowest BCUT2D eigenvalue weighted by Gasteiger charge is -2.30. The number of hydrogen-bond donors (Lipinski definition) is 3. The van der Waals surface area contributed by atoms with Gasteiger partial charge in [-0.15, -0.1) is 0 Å². The summed E-state index contributed by atoms with van der Waals surface area (Å²) < 4.78 is 35.8. The van der Waals surface area contributed by atoms with E-state index >= 15 is 0 Å². The average molecular weight is 454 g/mol. The minimum absolute atomic E-state index is 0.0119. The van der Waals surface area contributed by atoms with Crippen molar-refractivity contribution in [2.24, 2.45) is 0 Å². The first-order valence-corrected chi connectivity index (χ1v) is 11.1. The van der Waals surface area contributed by atoms with Gasteiger partial charge in [0, 0.05) is 25.0 Å². The summed E-state index contributed by atoms with van der Waals surface area (Å²) in [5, 5.41) is 20.6. The van der Waals surface area contributed by atoms with Crippen molar-refractivity contribution in [2.45, 2.75) is 44.0 Å². The fourth-order valence-corrected chi connectivity index (χ4v) is 4.90. The number of nitrogens with two attached hydrogens (primary N) is 1. The molecule has 0 amide bonds. The van der Waals surface area contributed by atoms with Crippen molar-refractivity contribution in [1.82, 2.24) is 14.5 Å². The third kappa shape index (κ3) is 4.55. The summed E-state index contributed by atoms with van der Waals surface area (Å²) in [7, 11) is -3.95. The zero-order valence-corrected chi connectivity index (χ0v) is 17.5. The molecule has 2 aromatic rings. The van der Waals surface area contributed by atoms with Crippen molar-refractivity contribution in [3.05, 3.63) is 52.3 Å². The number of phosphoric acid groups is 1. The van der Waals surface area contributed by atoms with Crippen molar-refractivity contribution >= 4 is 13.6 Å². The molecule has 4 rings (SSSR count). The van der Waals surface area contributed by atoms with Gasteiger partial charge in [-0.2, -0.15) is 4.98 Å². The lowest BCUT2D eigenvalue weighted by atomic mass is 10.0. The number of anilines is 1. The number of aromatic nitrogens is 3. The minimum atomic E-state index is -3.95. The number of aryl methyl sites for hydroxylation is 1. The minimum Gasteiger partial charge on any atom is -0.387 e. The van der Waals surface area contributed by atoms with Crippen LogP contribution < -0.4 is 11.4 Å². The standard InChI is InChI=1S/C18H23N4O8P/c1-10-8-20-5-2-11(10)12-4-7-27-31(26,30-12)28-9-13-15(23)16(24)17(29-13)22-6-3-14(19)21-18(22)25/h2-3,5-6,8,12-13,15-17,23-24H,4,7,9H2,1H3,(H2,19,21,25)/t12-,13+,15+,16-,17+,31?/m0/s1. The van der Waals surface area contributed by atoms with Crippen molar-refractivity contribution in [2.75, 3.05) is 18.9 Å². The van der Waals surface area contributed by atoms with Crippen molar-refractivity contribution < 1.29 is 33.1 Å². The SMILES string of the molecule is Cc1cnccc1[C@@H]1CCOP(=O)(OC[C@H]2O[C@@H](n3ccc(N)nc3=O)[C@@H](O)[C@@H]2O)O1. The highest BCUT2D eigenvalue weighted by atomic mass is 31.2. The number of aliphatic hydroxyl groups is 2. The van der Waals surface area contributed by atoms with Gasteiger partial charge < -0.3 is 20.7 Å². The number of rotatable bonds is 5. The Labute approximate surface area is 177 Å². The molecular weight excluding hydrogens is 431 g/mol. The summed E-state index contributed by atoms with van der Waals surface area (Å²) in [5.74, 6) is 0.0119. The van der Waals surface area contributed by atoms with Crippen LogP contribution in [0.3, 0.4) is 0 Å². The molecule has 2 aliphatic heterocycles. The first-order valence-electron chi connectivity index (χ1n) is 9.62.